The van der Waals surface area contributed by atoms with Gasteiger partial charge in [0.15, 0.2) is 6.10 Å². The summed E-state index contributed by atoms with van der Waals surface area (Å²) >= 11 is 11.7. The first kappa shape index (κ1) is 14.9. The van der Waals surface area contributed by atoms with Gasteiger partial charge >= 0.3 is 5.97 Å². The molecule has 1 N–H and O–H groups in total. The molecule has 0 aromatic heterocycles. The van der Waals surface area contributed by atoms with E-state index in [1.165, 1.54) is 6.07 Å². The normalized spacial score (nSPS) is 11.9. The minimum atomic E-state index is -1.01. The third-order valence-corrected chi connectivity index (χ3v) is 2.84. The molecule has 0 amide bonds. The van der Waals surface area contributed by atoms with Crippen LogP contribution in [0.3, 0.4) is 0 Å². The van der Waals surface area contributed by atoms with E-state index in [9.17, 15) is 4.79 Å². The summed E-state index contributed by atoms with van der Waals surface area (Å²) in [5.41, 5.74) is 0. The van der Waals surface area contributed by atoms with Gasteiger partial charge in [0.05, 0.1) is 5.02 Å². The van der Waals surface area contributed by atoms with E-state index < -0.39 is 12.1 Å². The standard InChI is InChI=1S/C13H14Cl2O3/c1-2-3-4-5-12(13(16)17)18-11-7-6-9(14)8-10(11)15/h2,6-8,12H,1,3-5H2,(H,16,17). The van der Waals surface area contributed by atoms with Crippen molar-refractivity contribution in [3.8, 4) is 5.75 Å². The summed E-state index contributed by atoms with van der Waals surface area (Å²) in [5.74, 6) is -0.683. The molecule has 0 aliphatic carbocycles. The van der Waals surface area contributed by atoms with Crippen molar-refractivity contribution in [2.45, 2.75) is 25.4 Å². The molecular weight excluding hydrogens is 275 g/mol. The van der Waals surface area contributed by atoms with Crippen LogP contribution in [0.15, 0.2) is 30.9 Å². The topological polar surface area (TPSA) is 46.5 Å². The molecule has 0 saturated carbocycles. The molecule has 0 saturated heterocycles. The maximum Gasteiger partial charge on any atom is 0.344 e. The number of halogens is 2. The van der Waals surface area contributed by atoms with Crippen LogP contribution < -0.4 is 4.74 Å². The van der Waals surface area contributed by atoms with Gasteiger partial charge in [0.1, 0.15) is 5.75 Å². The van der Waals surface area contributed by atoms with Crippen LogP contribution >= 0.6 is 23.2 Å². The molecule has 0 aliphatic heterocycles. The first-order valence-electron chi connectivity index (χ1n) is 5.50. The average Bonchev–Trinajstić information content (AvgIpc) is 2.30. The van der Waals surface area contributed by atoms with E-state index >= 15 is 0 Å². The molecule has 1 rings (SSSR count). The zero-order chi connectivity index (χ0) is 13.5. The lowest BCUT2D eigenvalue weighted by Gasteiger charge is -2.15. The van der Waals surface area contributed by atoms with Gasteiger partial charge in [0, 0.05) is 5.02 Å². The largest absolute Gasteiger partial charge is 0.479 e. The highest BCUT2D eigenvalue weighted by atomic mass is 35.5. The van der Waals surface area contributed by atoms with Crippen molar-refractivity contribution in [2.75, 3.05) is 0 Å². The summed E-state index contributed by atoms with van der Waals surface area (Å²) in [7, 11) is 0. The lowest BCUT2D eigenvalue weighted by atomic mass is 10.1. The smallest absolute Gasteiger partial charge is 0.344 e. The number of rotatable bonds is 7. The lowest BCUT2D eigenvalue weighted by Crippen LogP contribution is -2.27. The summed E-state index contributed by atoms with van der Waals surface area (Å²) in [6.45, 7) is 3.59. The Hall–Kier alpha value is -1.19. The number of allylic oxidation sites excluding steroid dienone is 1. The first-order valence-corrected chi connectivity index (χ1v) is 6.25. The molecule has 3 nitrogen and oxygen atoms in total. The van der Waals surface area contributed by atoms with Crippen LogP contribution in [-0.2, 0) is 4.79 Å². The van der Waals surface area contributed by atoms with E-state index in [4.69, 9.17) is 33.0 Å². The van der Waals surface area contributed by atoms with Gasteiger partial charge in [-0.1, -0.05) is 29.3 Å². The van der Waals surface area contributed by atoms with Crippen LogP contribution in [0.4, 0.5) is 0 Å². The minimum absolute atomic E-state index is 0.303. The summed E-state index contributed by atoms with van der Waals surface area (Å²) < 4.78 is 5.38. The van der Waals surface area contributed by atoms with E-state index in [-0.39, 0.29) is 0 Å². The van der Waals surface area contributed by atoms with Crippen LogP contribution in [0.1, 0.15) is 19.3 Å². The maximum atomic E-state index is 11.1. The molecule has 1 aromatic carbocycles. The fourth-order valence-electron chi connectivity index (χ4n) is 1.40. The molecule has 18 heavy (non-hydrogen) atoms. The van der Waals surface area contributed by atoms with Gasteiger partial charge < -0.3 is 9.84 Å². The molecule has 98 valence electrons. The van der Waals surface area contributed by atoms with Crippen molar-refractivity contribution in [1.29, 1.82) is 0 Å². The highest BCUT2D eigenvalue weighted by molar-refractivity contribution is 6.35. The van der Waals surface area contributed by atoms with Crippen LogP contribution in [0, 0.1) is 0 Å². The van der Waals surface area contributed by atoms with Crippen molar-refractivity contribution in [3.05, 3.63) is 40.9 Å². The number of carboxylic acids is 1. The van der Waals surface area contributed by atoms with Crippen LogP contribution in [0.25, 0.3) is 0 Å². The summed E-state index contributed by atoms with van der Waals surface area (Å²) in [6.07, 6.45) is 2.69. The Kier molecular flexibility index (Phi) is 6.02. The van der Waals surface area contributed by atoms with Gasteiger partial charge in [-0.25, -0.2) is 4.79 Å². The molecule has 1 aromatic rings. The molecule has 1 unspecified atom stereocenters. The van der Waals surface area contributed by atoms with Gasteiger partial charge in [-0.3, -0.25) is 0 Å². The Balaban J connectivity index is 2.70. The molecule has 1 atom stereocenters. The quantitative estimate of drug-likeness (QED) is 0.605. The highest BCUT2D eigenvalue weighted by Crippen LogP contribution is 2.29. The van der Waals surface area contributed by atoms with Gasteiger partial charge in [0.2, 0.25) is 0 Å². The van der Waals surface area contributed by atoms with Crippen LogP contribution in [0.2, 0.25) is 10.0 Å². The van der Waals surface area contributed by atoms with E-state index in [0.29, 0.717) is 28.6 Å². The molecule has 0 aliphatic rings. The molecular formula is C13H14Cl2O3. The first-order chi connectivity index (χ1) is 8.54. The number of carbonyl (C=O) groups is 1. The molecule has 0 spiro atoms. The Labute approximate surface area is 116 Å². The van der Waals surface area contributed by atoms with E-state index in [2.05, 4.69) is 6.58 Å². The van der Waals surface area contributed by atoms with Crippen LogP contribution in [-0.4, -0.2) is 17.2 Å². The van der Waals surface area contributed by atoms with Crippen molar-refractivity contribution in [2.24, 2.45) is 0 Å². The Morgan fingerprint density at radius 1 is 1.50 bits per heavy atom. The zero-order valence-corrected chi connectivity index (χ0v) is 11.2. The van der Waals surface area contributed by atoms with Gasteiger partial charge in [-0.15, -0.1) is 6.58 Å². The average molecular weight is 289 g/mol. The molecule has 0 fully saturated rings. The zero-order valence-electron chi connectivity index (χ0n) is 9.73. The summed E-state index contributed by atoms with van der Waals surface area (Å²) in [6, 6.07) is 4.68. The van der Waals surface area contributed by atoms with Crippen molar-refractivity contribution in [1.82, 2.24) is 0 Å². The second-order valence-corrected chi connectivity index (χ2v) is 4.58. The van der Waals surface area contributed by atoms with Crippen molar-refractivity contribution >= 4 is 29.2 Å². The highest BCUT2D eigenvalue weighted by Gasteiger charge is 2.19. The predicted molar refractivity (Wildman–Crippen MR) is 72.6 cm³/mol. The number of ether oxygens (including phenoxy) is 1. The van der Waals surface area contributed by atoms with Crippen molar-refractivity contribution < 1.29 is 14.6 Å². The Bertz CT molecular complexity index is 432. The summed E-state index contributed by atoms with van der Waals surface area (Å²) in [4.78, 5) is 11.1. The predicted octanol–water partition coefficient (Wildman–Crippen LogP) is 4.18. The number of hydrogen-bond donors (Lipinski definition) is 1. The molecule has 0 heterocycles. The number of aliphatic carboxylic acids is 1. The number of carboxylic acid groups (broad SMARTS) is 1. The van der Waals surface area contributed by atoms with Crippen molar-refractivity contribution in [3.63, 3.8) is 0 Å². The van der Waals surface area contributed by atoms with Gasteiger partial charge in [-0.05, 0) is 37.5 Å². The summed E-state index contributed by atoms with van der Waals surface area (Å²) in [5, 5.41) is 9.84. The molecule has 0 radical (unpaired) electrons. The number of hydrogen-bond acceptors (Lipinski definition) is 2. The Morgan fingerprint density at radius 3 is 2.78 bits per heavy atom. The molecule has 0 bridgehead atoms. The fraction of sp³-hybridized carbons (Fsp3) is 0.308. The van der Waals surface area contributed by atoms with Gasteiger partial charge in [-0.2, -0.15) is 0 Å². The molecule has 5 heteroatoms. The van der Waals surface area contributed by atoms with E-state index in [1.54, 1.807) is 18.2 Å². The third-order valence-electron chi connectivity index (χ3n) is 2.31. The minimum Gasteiger partial charge on any atom is -0.479 e. The maximum absolute atomic E-state index is 11.1. The number of unbranched alkanes of at least 4 members (excludes halogenated alkanes) is 1. The second-order valence-electron chi connectivity index (χ2n) is 3.74. The SMILES string of the molecule is C=CCCCC(Oc1ccc(Cl)cc1Cl)C(=O)O. The number of benzene rings is 1. The van der Waals surface area contributed by atoms with Gasteiger partial charge in [0.25, 0.3) is 0 Å². The van der Waals surface area contributed by atoms with E-state index in [0.717, 1.165) is 6.42 Å². The third kappa shape index (κ3) is 4.59. The lowest BCUT2D eigenvalue weighted by molar-refractivity contribution is -0.145. The fourth-order valence-corrected chi connectivity index (χ4v) is 1.86. The second kappa shape index (κ2) is 7.29. The monoisotopic (exact) mass is 288 g/mol. The van der Waals surface area contributed by atoms with Crippen LogP contribution in [0.5, 0.6) is 5.75 Å². The Morgan fingerprint density at radius 2 is 2.22 bits per heavy atom. The van der Waals surface area contributed by atoms with E-state index in [1.807, 2.05) is 0 Å².